The summed E-state index contributed by atoms with van der Waals surface area (Å²) < 4.78 is 5.83. The number of nitrogens with zero attached hydrogens (tertiary/aromatic N) is 1. The molecule has 0 spiro atoms. The zero-order valence-corrected chi connectivity index (χ0v) is 13.5. The van der Waals surface area contributed by atoms with Crippen LogP contribution in [0.2, 0.25) is 0 Å². The van der Waals surface area contributed by atoms with Gasteiger partial charge >= 0.3 is 0 Å². The maximum Gasteiger partial charge on any atom is 0.0702 e. The van der Waals surface area contributed by atoms with Crippen molar-refractivity contribution in [2.45, 2.75) is 64.4 Å². The van der Waals surface area contributed by atoms with Crippen LogP contribution in [0.25, 0.3) is 0 Å². The van der Waals surface area contributed by atoms with Crippen LogP contribution in [0.15, 0.2) is 0 Å². The Labute approximate surface area is 124 Å². The van der Waals surface area contributed by atoms with Gasteiger partial charge in [-0.3, -0.25) is 0 Å². The van der Waals surface area contributed by atoms with Crippen molar-refractivity contribution in [3.05, 3.63) is 0 Å². The largest absolute Gasteiger partial charge is 0.377 e. The maximum atomic E-state index is 5.83. The Morgan fingerprint density at radius 3 is 2.53 bits per heavy atom. The Kier molecular flexibility index (Phi) is 6.51. The Morgan fingerprint density at radius 1 is 1.16 bits per heavy atom. The van der Waals surface area contributed by atoms with E-state index in [4.69, 9.17) is 17.4 Å². The first kappa shape index (κ1) is 15.7. The van der Waals surface area contributed by atoms with Gasteiger partial charge in [0.1, 0.15) is 0 Å². The maximum absolute atomic E-state index is 5.83. The summed E-state index contributed by atoms with van der Waals surface area (Å²) in [7, 11) is 0. The number of likely N-dealkylation sites (tertiary alicyclic amines) is 1. The van der Waals surface area contributed by atoms with E-state index in [-0.39, 0.29) is 0 Å². The first-order valence-electron chi connectivity index (χ1n) is 8.23. The van der Waals surface area contributed by atoms with Gasteiger partial charge in [-0.25, -0.2) is 0 Å². The summed E-state index contributed by atoms with van der Waals surface area (Å²) in [6, 6.07) is 0. The predicted octanol–water partition coefficient (Wildman–Crippen LogP) is 3.76. The van der Waals surface area contributed by atoms with Gasteiger partial charge < -0.3 is 9.64 Å². The van der Waals surface area contributed by atoms with Crippen molar-refractivity contribution >= 4 is 12.6 Å². The normalized spacial score (nSPS) is 29.1. The number of ether oxygens (including phenoxy) is 1. The molecule has 0 aromatic rings. The summed E-state index contributed by atoms with van der Waals surface area (Å²) in [5.41, 5.74) is 0.480. The van der Waals surface area contributed by atoms with Gasteiger partial charge in [0.2, 0.25) is 0 Å². The van der Waals surface area contributed by atoms with Crippen molar-refractivity contribution in [3.63, 3.8) is 0 Å². The van der Waals surface area contributed by atoms with Crippen LogP contribution in [0.3, 0.4) is 0 Å². The second-order valence-electron chi connectivity index (χ2n) is 6.53. The van der Waals surface area contributed by atoms with Crippen molar-refractivity contribution in [3.8, 4) is 0 Å². The SMILES string of the molecule is CCOC1CCCN(CC2(CS)CCCCCC2)C1. The minimum absolute atomic E-state index is 0.474. The average molecular weight is 285 g/mol. The smallest absolute Gasteiger partial charge is 0.0702 e. The quantitative estimate of drug-likeness (QED) is 0.610. The molecule has 1 aliphatic carbocycles. The molecule has 0 bridgehead atoms. The molecule has 2 rings (SSSR count). The number of piperidine rings is 1. The van der Waals surface area contributed by atoms with Crippen molar-refractivity contribution in [2.75, 3.05) is 32.0 Å². The summed E-state index contributed by atoms with van der Waals surface area (Å²) in [6.45, 7) is 6.62. The lowest BCUT2D eigenvalue weighted by molar-refractivity contribution is -0.00621. The van der Waals surface area contributed by atoms with Crippen LogP contribution in [0, 0.1) is 5.41 Å². The van der Waals surface area contributed by atoms with Crippen LogP contribution in [-0.4, -0.2) is 43.0 Å². The van der Waals surface area contributed by atoms with Crippen molar-refractivity contribution in [1.82, 2.24) is 4.90 Å². The summed E-state index contributed by atoms with van der Waals surface area (Å²) in [6.07, 6.45) is 11.5. The van der Waals surface area contributed by atoms with E-state index in [1.165, 1.54) is 64.5 Å². The molecule has 2 aliphatic rings. The van der Waals surface area contributed by atoms with E-state index in [9.17, 15) is 0 Å². The van der Waals surface area contributed by atoms with E-state index in [1.807, 2.05) is 0 Å². The van der Waals surface area contributed by atoms with Gasteiger partial charge in [0.05, 0.1) is 6.10 Å². The van der Waals surface area contributed by atoms with E-state index in [1.54, 1.807) is 0 Å². The highest BCUT2D eigenvalue weighted by molar-refractivity contribution is 7.80. The molecule has 0 aromatic heterocycles. The van der Waals surface area contributed by atoms with Gasteiger partial charge in [-0.1, -0.05) is 25.7 Å². The number of hydrogen-bond donors (Lipinski definition) is 1. The highest BCUT2D eigenvalue weighted by Crippen LogP contribution is 2.37. The monoisotopic (exact) mass is 285 g/mol. The molecule has 1 aliphatic heterocycles. The first-order chi connectivity index (χ1) is 9.28. The van der Waals surface area contributed by atoms with Crippen LogP contribution in [-0.2, 0) is 4.74 Å². The Morgan fingerprint density at radius 2 is 1.89 bits per heavy atom. The molecular weight excluding hydrogens is 254 g/mol. The van der Waals surface area contributed by atoms with E-state index in [0.29, 0.717) is 11.5 Å². The van der Waals surface area contributed by atoms with Crippen molar-refractivity contribution in [2.24, 2.45) is 5.41 Å². The molecule has 0 radical (unpaired) electrons. The van der Waals surface area contributed by atoms with Crippen LogP contribution in [0.5, 0.6) is 0 Å². The molecular formula is C16H31NOS. The molecule has 1 saturated heterocycles. The fourth-order valence-electron chi connectivity index (χ4n) is 3.85. The molecule has 0 N–H and O–H groups in total. The fourth-order valence-corrected chi connectivity index (χ4v) is 4.26. The predicted molar refractivity (Wildman–Crippen MR) is 85.1 cm³/mol. The second kappa shape index (κ2) is 7.90. The molecule has 3 heteroatoms. The van der Waals surface area contributed by atoms with Gasteiger partial charge in [0.25, 0.3) is 0 Å². The molecule has 112 valence electrons. The fraction of sp³-hybridized carbons (Fsp3) is 1.00. The Bertz CT molecular complexity index is 249. The summed E-state index contributed by atoms with van der Waals surface area (Å²) >= 11 is 4.70. The lowest BCUT2D eigenvalue weighted by atomic mass is 9.81. The molecule has 1 saturated carbocycles. The van der Waals surface area contributed by atoms with Gasteiger partial charge in [-0.15, -0.1) is 0 Å². The molecule has 2 nitrogen and oxygen atoms in total. The molecule has 2 fully saturated rings. The minimum atomic E-state index is 0.474. The number of rotatable bonds is 5. The van der Waals surface area contributed by atoms with E-state index in [0.717, 1.165) is 18.9 Å². The molecule has 1 atom stereocenters. The highest BCUT2D eigenvalue weighted by atomic mass is 32.1. The third-order valence-electron chi connectivity index (χ3n) is 4.92. The minimum Gasteiger partial charge on any atom is -0.377 e. The molecule has 0 amide bonds. The van der Waals surface area contributed by atoms with Crippen LogP contribution >= 0.6 is 12.6 Å². The van der Waals surface area contributed by atoms with E-state index < -0.39 is 0 Å². The third kappa shape index (κ3) is 4.64. The summed E-state index contributed by atoms with van der Waals surface area (Å²) in [5, 5.41) is 0. The van der Waals surface area contributed by atoms with Crippen LogP contribution < -0.4 is 0 Å². The molecule has 1 heterocycles. The van der Waals surface area contributed by atoms with Gasteiger partial charge in [0, 0.05) is 19.7 Å². The number of hydrogen-bond acceptors (Lipinski definition) is 3. The lowest BCUT2D eigenvalue weighted by Gasteiger charge is -2.40. The van der Waals surface area contributed by atoms with Crippen LogP contribution in [0.1, 0.15) is 58.3 Å². The molecule has 19 heavy (non-hydrogen) atoms. The Balaban J connectivity index is 1.89. The van der Waals surface area contributed by atoms with Gasteiger partial charge in [-0.2, -0.15) is 12.6 Å². The lowest BCUT2D eigenvalue weighted by Crippen LogP contribution is -2.46. The highest BCUT2D eigenvalue weighted by Gasteiger charge is 2.33. The van der Waals surface area contributed by atoms with E-state index >= 15 is 0 Å². The Hall–Kier alpha value is 0.270. The third-order valence-corrected chi connectivity index (χ3v) is 5.59. The average Bonchev–Trinajstić information content (AvgIpc) is 2.66. The van der Waals surface area contributed by atoms with Gasteiger partial charge in [0.15, 0.2) is 0 Å². The summed E-state index contributed by atoms with van der Waals surface area (Å²) in [5.74, 6) is 1.06. The first-order valence-corrected chi connectivity index (χ1v) is 8.86. The van der Waals surface area contributed by atoms with Crippen molar-refractivity contribution < 1.29 is 4.74 Å². The zero-order chi connectivity index (χ0) is 13.6. The molecule has 1 unspecified atom stereocenters. The molecule has 0 aromatic carbocycles. The topological polar surface area (TPSA) is 12.5 Å². The second-order valence-corrected chi connectivity index (χ2v) is 6.84. The van der Waals surface area contributed by atoms with Gasteiger partial charge in [-0.05, 0) is 50.3 Å². The zero-order valence-electron chi connectivity index (χ0n) is 12.6. The van der Waals surface area contributed by atoms with Crippen LogP contribution in [0.4, 0.5) is 0 Å². The standard InChI is InChI=1S/C16H31NOS/c1-2-18-15-8-7-11-17(12-15)13-16(14-19)9-5-3-4-6-10-16/h15,19H,2-14H2,1H3. The van der Waals surface area contributed by atoms with Crippen molar-refractivity contribution in [1.29, 1.82) is 0 Å². The number of thiol groups is 1. The summed E-state index contributed by atoms with van der Waals surface area (Å²) in [4.78, 5) is 2.66. The van der Waals surface area contributed by atoms with E-state index in [2.05, 4.69) is 11.8 Å².